The van der Waals surface area contributed by atoms with Crippen LogP contribution in [0.2, 0.25) is 0 Å². The van der Waals surface area contributed by atoms with Gasteiger partial charge in [-0.1, -0.05) is 24.3 Å². The quantitative estimate of drug-likeness (QED) is 0.520. The normalized spacial score (nSPS) is 15.2. The molecule has 7 heteroatoms. The maximum atomic E-state index is 13.5. The lowest BCUT2D eigenvalue weighted by Crippen LogP contribution is -2.44. The van der Waals surface area contributed by atoms with Crippen LogP contribution in [0.3, 0.4) is 0 Å². The molecule has 4 rings (SSSR count). The van der Waals surface area contributed by atoms with Crippen LogP contribution in [0.15, 0.2) is 61.7 Å². The van der Waals surface area contributed by atoms with Crippen LogP contribution in [0.4, 0.5) is 0 Å². The van der Waals surface area contributed by atoms with E-state index in [4.69, 9.17) is 0 Å². The fourth-order valence-electron chi connectivity index (χ4n) is 3.88. The van der Waals surface area contributed by atoms with Crippen molar-refractivity contribution in [1.29, 1.82) is 0 Å². The SMILES string of the molecule is C=CCCN1C(=O)c2ccc3cc2C(=O)N(CCC=C)C(=O)c2cc(ccc2C1=O)C3=O. The van der Waals surface area contributed by atoms with E-state index in [-0.39, 0.29) is 46.5 Å². The minimum atomic E-state index is -0.703. The van der Waals surface area contributed by atoms with Crippen LogP contribution in [-0.2, 0) is 0 Å². The monoisotopic (exact) mass is 428 g/mol. The average molecular weight is 428 g/mol. The van der Waals surface area contributed by atoms with E-state index in [1.807, 2.05) is 0 Å². The van der Waals surface area contributed by atoms with Crippen LogP contribution in [0.5, 0.6) is 0 Å². The van der Waals surface area contributed by atoms with Crippen LogP contribution in [0, 0.1) is 0 Å². The van der Waals surface area contributed by atoms with E-state index in [0.717, 1.165) is 9.80 Å². The first-order valence-corrected chi connectivity index (χ1v) is 10.2. The number of hydrogen-bond donors (Lipinski definition) is 0. The van der Waals surface area contributed by atoms with Crippen molar-refractivity contribution < 1.29 is 24.0 Å². The molecule has 2 heterocycles. The Balaban J connectivity index is 2.09. The summed E-state index contributed by atoms with van der Waals surface area (Å²) in [4.78, 5) is 68.9. The molecule has 0 aliphatic carbocycles. The highest BCUT2D eigenvalue weighted by Gasteiger charge is 2.37. The molecule has 0 unspecified atom stereocenters. The molecule has 2 aliphatic rings. The number of carbonyl (C=O) groups is 5. The molecule has 0 N–H and O–H groups in total. The highest BCUT2D eigenvalue weighted by atomic mass is 16.2. The molecule has 0 saturated heterocycles. The van der Waals surface area contributed by atoms with E-state index in [1.54, 1.807) is 12.2 Å². The minimum Gasteiger partial charge on any atom is -0.289 e. The number of imide groups is 2. The van der Waals surface area contributed by atoms with Gasteiger partial charge in [0, 0.05) is 24.2 Å². The van der Waals surface area contributed by atoms with Gasteiger partial charge < -0.3 is 0 Å². The van der Waals surface area contributed by atoms with Crippen molar-refractivity contribution in [3.63, 3.8) is 0 Å². The summed E-state index contributed by atoms with van der Waals surface area (Å²) < 4.78 is 0. The number of carbonyl (C=O) groups excluding carboxylic acids is 5. The van der Waals surface area contributed by atoms with Gasteiger partial charge in [-0.3, -0.25) is 33.8 Å². The number of nitrogens with zero attached hydrogens (tertiary/aromatic N) is 2. The number of amides is 4. The van der Waals surface area contributed by atoms with Crippen molar-refractivity contribution in [1.82, 2.24) is 9.80 Å². The second kappa shape index (κ2) is 8.19. The molecular weight excluding hydrogens is 408 g/mol. The lowest BCUT2D eigenvalue weighted by atomic mass is 9.91. The van der Waals surface area contributed by atoms with Crippen LogP contribution in [-0.4, -0.2) is 52.3 Å². The van der Waals surface area contributed by atoms with E-state index >= 15 is 0 Å². The van der Waals surface area contributed by atoms with Gasteiger partial charge >= 0.3 is 0 Å². The minimum absolute atomic E-state index is 0.0189. The van der Waals surface area contributed by atoms with Crippen LogP contribution < -0.4 is 0 Å². The fourth-order valence-corrected chi connectivity index (χ4v) is 3.88. The van der Waals surface area contributed by atoms with Crippen LogP contribution in [0.25, 0.3) is 0 Å². The van der Waals surface area contributed by atoms with Gasteiger partial charge in [-0.05, 0) is 37.1 Å². The summed E-state index contributed by atoms with van der Waals surface area (Å²) in [5, 5.41) is 0. The zero-order valence-electron chi connectivity index (χ0n) is 17.3. The molecule has 4 bridgehead atoms. The summed E-state index contributed by atoms with van der Waals surface area (Å²) in [6.07, 6.45) is 3.80. The fraction of sp³-hybridized carbons (Fsp3) is 0.160. The van der Waals surface area contributed by atoms with Gasteiger partial charge in [0.15, 0.2) is 5.78 Å². The Morgan fingerprint density at radius 1 is 0.594 bits per heavy atom. The van der Waals surface area contributed by atoms with Gasteiger partial charge in [0.05, 0.1) is 22.3 Å². The molecule has 7 nitrogen and oxygen atoms in total. The van der Waals surface area contributed by atoms with Gasteiger partial charge in [-0.2, -0.15) is 0 Å². The molecule has 160 valence electrons. The lowest BCUT2D eigenvalue weighted by Gasteiger charge is -2.29. The molecule has 2 aromatic carbocycles. The largest absolute Gasteiger partial charge is 0.289 e. The van der Waals surface area contributed by atoms with E-state index in [0.29, 0.717) is 12.8 Å². The first-order valence-electron chi connectivity index (χ1n) is 10.2. The number of hydrogen-bond acceptors (Lipinski definition) is 5. The number of ketones is 1. The van der Waals surface area contributed by atoms with Gasteiger partial charge in [0.2, 0.25) is 0 Å². The maximum Gasteiger partial charge on any atom is 0.261 e. The van der Waals surface area contributed by atoms with Gasteiger partial charge in [-0.25, -0.2) is 0 Å². The van der Waals surface area contributed by atoms with E-state index in [2.05, 4.69) is 13.2 Å². The van der Waals surface area contributed by atoms with Crippen molar-refractivity contribution in [3.8, 4) is 0 Å². The zero-order valence-corrected chi connectivity index (χ0v) is 17.3. The third-order valence-electron chi connectivity index (χ3n) is 5.58. The van der Waals surface area contributed by atoms with E-state index < -0.39 is 29.4 Å². The van der Waals surface area contributed by atoms with Gasteiger partial charge in [-0.15, -0.1) is 13.2 Å². The molecule has 2 aliphatic heterocycles. The summed E-state index contributed by atoms with van der Waals surface area (Å²) in [6, 6.07) is 8.28. The Morgan fingerprint density at radius 2 is 0.969 bits per heavy atom. The Bertz CT molecular complexity index is 1150. The molecular formula is C25H20N2O5. The van der Waals surface area contributed by atoms with Crippen molar-refractivity contribution in [2.75, 3.05) is 13.1 Å². The molecule has 0 aromatic heterocycles. The second-order valence-electron chi connectivity index (χ2n) is 7.53. The van der Waals surface area contributed by atoms with Crippen LogP contribution >= 0.6 is 0 Å². The Morgan fingerprint density at radius 3 is 1.34 bits per heavy atom. The number of fused-ring (bicyclic) bond motifs is 4. The van der Waals surface area contributed by atoms with E-state index in [9.17, 15) is 24.0 Å². The Labute approximate surface area is 184 Å². The smallest absolute Gasteiger partial charge is 0.261 e. The molecule has 0 spiro atoms. The van der Waals surface area contributed by atoms with Gasteiger partial charge in [0.1, 0.15) is 0 Å². The molecule has 0 saturated carbocycles. The second-order valence-corrected chi connectivity index (χ2v) is 7.53. The summed E-state index contributed by atoms with van der Waals surface area (Å²) >= 11 is 0. The van der Waals surface area contributed by atoms with Crippen molar-refractivity contribution in [2.24, 2.45) is 0 Å². The maximum absolute atomic E-state index is 13.5. The van der Waals surface area contributed by atoms with Crippen LogP contribution in [0.1, 0.15) is 70.2 Å². The number of rotatable bonds is 6. The van der Waals surface area contributed by atoms with E-state index in [1.165, 1.54) is 36.4 Å². The summed E-state index contributed by atoms with van der Waals surface area (Å²) in [5.74, 6) is -3.16. The van der Waals surface area contributed by atoms with Crippen molar-refractivity contribution in [3.05, 3.63) is 95.1 Å². The first kappa shape index (κ1) is 21.1. The molecule has 0 fully saturated rings. The zero-order chi connectivity index (χ0) is 23.0. The lowest BCUT2D eigenvalue weighted by molar-refractivity contribution is 0.0565. The van der Waals surface area contributed by atoms with Gasteiger partial charge in [0.25, 0.3) is 23.6 Å². The predicted octanol–water partition coefficient (Wildman–Crippen LogP) is 3.26. The topological polar surface area (TPSA) is 91.8 Å². The summed E-state index contributed by atoms with van der Waals surface area (Å²) in [5.41, 5.74) is 0.154. The number of benzene rings is 2. The highest BCUT2D eigenvalue weighted by Crippen LogP contribution is 2.28. The average Bonchev–Trinajstić information content (AvgIpc) is 2.81. The Hall–Kier alpha value is -4.13. The third-order valence-corrected chi connectivity index (χ3v) is 5.58. The van der Waals surface area contributed by atoms with Crippen molar-refractivity contribution >= 4 is 29.4 Å². The standard InChI is InChI=1S/C25H20N2O5/c1-3-5-11-26-22(29)17-9-7-15-13-19(17)24(31)27(12-6-4-2)25(32)20-14-16(21(15)28)8-10-18(20)23(26)30/h3-4,7-10,13-14H,1-2,5-6,11-12H2. The molecule has 2 aromatic rings. The summed E-state index contributed by atoms with van der Waals surface area (Å²) in [6.45, 7) is 7.33. The molecule has 0 radical (unpaired) electrons. The Kier molecular flexibility index (Phi) is 5.40. The predicted molar refractivity (Wildman–Crippen MR) is 117 cm³/mol. The highest BCUT2D eigenvalue weighted by molar-refractivity contribution is 6.24. The summed E-state index contributed by atoms with van der Waals surface area (Å²) in [7, 11) is 0. The molecule has 32 heavy (non-hydrogen) atoms. The first-order chi connectivity index (χ1) is 15.4. The molecule has 0 atom stereocenters. The third kappa shape index (κ3) is 3.28. The molecule has 4 amide bonds. The van der Waals surface area contributed by atoms with Crippen molar-refractivity contribution in [2.45, 2.75) is 12.8 Å².